The normalized spacial score (nSPS) is 9.75. The molecule has 0 bridgehead atoms. The Bertz CT molecular complexity index is 300. The Morgan fingerprint density at radius 2 is 2.42 bits per heavy atom. The van der Waals surface area contributed by atoms with Crippen LogP contribution in [-0.2, 0) is 0 Å². The van der Waals surface area contributed by atoms with E-state index in [1.807, 2.05) is 6.26 Å². The van der Waals surface area contributed by atoms with E-state index in [0.29, 0.717) is 0 Å². The highest BCUT2D eigenvalue weighted by atomic mass is 32.2. The molecular weight excluding hydrogens is 208 g/mol. The van der Waals surface area contributed by atoms with Crippen LogP contribution < -0.4 is 0 Å². The summed E-state index contributed by atoms with van der Waals surface area (Å²) in [4.78, 5) is 0. The fraction of sp³-hybridized carbons (Fsp3) is 0.429. The van der Waals surface area contributed by atoms with Gasteiger partial charge in [0.05, 0.1) is 4.21 Å². The average Bonchev–Trinajstić information content (AvgIpc) is 2.47. The van der Waals surface area contributed by atoms with Crippen molar-refractivity contribution in [2.75, 3.05) is 12.0 Å². The maximum Gasteiger partial charge on any atom is 0.129 e. The molecule has 1 aromatic rings. The van der Waals surface area contributed by atoms with Crippen LogP contribution in [0.4, 0.5) is 0 Å². The summed E-state index contributed by atoms with van der Waals surface area (Å²) in [7, 11) is 0. The Morgan fingerprint density at radius 3 is 2.92 bits per heavy atom. The van der Waals surface area contributed by atoms with Crippen LogP contribution in [0.5, 0.6) is 0 Å². The second-order valence-corrected chi connectivity index (χ2v) is 5.00. The Balaban J connectivity index is 2.99. The largest absolute Gasteiger partial charge is 0.192 e. The summed E-state index contributed by atoms with van der Waals surface area (Å²) in [6, 6.07) is 2.19. The first-order chi connectivity index (χ1) is 5.83. The van der Waals surface area contributed by atoms with E-state index >= 15 is 0 Å². The molecule has 0 N–H and O–H groups in total. The summed E-state index contributed by atoms with van der Waals surface area (Å²) < 4.78 is 5.23. The average molecular weight is 216 g/mol. The quantitative estimate of drug-likeness (QED) is 0.728. The molecule has 0 aliphatic heterocycles. The lowest BCUT2D eigenvalue weighted by Gasteiger charge is -1.91. The monoisotopic (exact) mass is 216 g/mol. The zero-order valence-electron chi connectivity index (χ0n) is 6.83. The minimum absolute atomic E-state index is 0.749. The zero-order chi connectivity index (χ0) is 8.97. The van der Waals surface area contributed by atoms with E-state index in [1.54, 1.807) is 23.5 Å². The number of aromatic nitrogens is 1. The lowest BCUT2D eigenvalue weighted by atomic mass is 10.4. The topological polar surface area (TPSA) is 36.7 Å². The van der Waals surface area contributed by atoms with Crippen molar-refractivity contribution in [2.24, 2.45) is 0 Å². The van der Waals surface area contributed by atoms with Crippen LogP contribution in [0.25, 0.3) is 0 Å². The van der Waals surface area contributed by atoms with Gasteiger partial charge < -0.3 is 0 Å². The molecule has 64 valence electrons. The van der Waals surface area contributed by atoms with E-state index in [0.717, 1.165) is 20.6 Å². The molecule has 0 unspecified atom stereocenters. The minimum atomic E-state index is 0.749. The Labute approximate surface area is 84.5 Å². The molecule has 0 saturated heterocycles. The Kier molecular flexibility index (Phi) is 3.92. The van der Waals surface area contributed by atoms with Crippen molar-refractivity contribution in [2.45, 2.75) is 16.2 Å². The molecule has 0 radical (unpaired) electrons. The van der Waals surface area contributed by atoms with Gasteiger partial charge in [-0.3, -0.25) is 0 Å². The fourth-order valence-electron chi connectivity index (χ4n) is 0.730. The van der Waals surface area contributed by atoms with Gasteiger partial charge in [-0.05, 0) is 23.5 Å². The first-order valence-electron chi connectivity index (χ1n) is 3.40. The van der Waals surface area contributed by atoms with E-state index in [-0.39, 0.29) is 0 Å². The van der Waals surface area contributed by atoms with Gasteiger partial charge in [-0.2, -0.15) is 9.64 Å². The first-order valence-corrected chi connectivity index (χ1v) is 6.38. The molecule has 0 aliphatic carbocycles. The van der Waals surface area contributed by atoms with Crippen LogP contribution in [0.3, 0.4) is 0 Å². The third kappa shape index (κ3) is 1.94. The minimum Gasteiger partial charge on any atom is -0.192 e. The van der Waals surface area contributed by atoms with Gasteiger partial charge in [0.15, 0.2) is 0 Å². The smallest absolute Gasteiger partial charge is 0.129 e. The van der Waals surface area contributed by atoms with Crippen LogP contribution in [0.2, 0.25) is 0 Å². The Morgan fingerprint density at radius 1 is 1.67 bits per heavy atom. The number of hydrogen-bond donors (Lipinski definition) is 0. The highest BCUT2D eigenvalue weighted by Gasteiger charge is 2.11. The van der Waals surface area contributed by atoms with E-state index in [2.05, 4.69) is 17.4 Å². The van der Waals surface area contributed by atoms with Gasteiger partial charge in [-0.25, -0.2) is 0 Å². The summed E-state index contributed by atoms with van der Waals surface area (Å²) in [6.07, 6.45) is 1.97. The van der Waals surface area contributed by atoms with Crippen LogP contribution in [0.15, 0.2) is 9.24 Å². The molecular formula is C7H8N2S3. The van der Waals surface area contributed by atoms with Gasteiger partial charge in [0, 0.05) is 0 Å². The van der Waals surface area contributed by atoms with Gasteiger partial charge >= 0.3 is 0 Å². The molecule has 0 atom stereocenters. The molecule has 5 heteroatoms. The molecule has 0 aliphatic rings. The maximum atomic E-state index is 8.84. The van der Waals surface area contributed by atoms with Gasteiger partial charge in [-0.15, -0.1) is 23.5 Å². The van der Waals surface area contributed by atoms with Crippen LogP contribution >= 0.6 is 35.1 Å². The van der Waals surface area contributed by atoms with Gasteiger partial charge in [0.1, 0.15) is 16.7 Å². The zero-order valence-corrected chi connectivity index (χ0v) is 9.28. The van der Waals surface area contributed by atoms with Crippen LogP contribution in [0.1, 0.15) is 12.5 Å². The van der Waals surface area contributed by atoms with Gasteiger partial charge in [0.2, 0.25) is 0 Å². The van der Waals surface area contributed by atoms with E-state index in [1.165, 1.54) is 11.5 Å². The summed E-state index contributed by atoms with van der Waals surface area (Å²) in [5.74, 6) is 0.965. The number of hydrogen-bond acceptors (Lipinski definition) is 5. The summed E-state index contributed by atoms with van der Waals surface area (Å²) >= 11 is 4.62. The van der Waals surface area contributed by atoms with Crippen molar-refractivity contribution >= 4 is 35.1 Å². The third-order valence-corrected chi connectivity index (χ3v) is 4.12. The molecule has 2 nitrogen and oxygen atoms in total. The highest BCUT2D eigenvalue weighted by Crippen LogP contribution is 2.32. The summed E-state index contributed by atoms with van der Waals surface area (Å²) in [6.45, 7) is 2.06. The van der Waals surface area contributed by atoms with E-state index in [4.69, 9.17) is 5.26 Å². The third-order valence-electron chi connectivity index (χ3n) is 1.21. The van der Waals surface area contributed by atoms with E-state index in [9.17, 15) is 0 Å². The first kappa shape index (κ1) is 9.90. The molecule has 0 amide bonds. The maximum absolute atomic E-state index is 8.84. The van der Waals surface area contributed by atoms with Crippen molar-refractivity contribution in [1.29, 1.82) is 5.26 Å². The highest BCUT2D eigenvalue weighted by molar-refractivity contribution is 8.01. The van der Waals surface area contributed by atoms with Crippen LogP contribution in [0, 0.1) is 11.3 Å². The van der Waals surface area contributed by atoms with Gasteiger partial charge in [0.25, 0.3) is 0 Å². The van der Waals surface area contributed by atoms with E-state index < -0.39 is 0 Å². The molecule has 0 saturated carbocycles. The molecule has 0 aromatic carbocycles. The standard InChI is InChI=1S/C7H8N2S3/c1-3-11-6-5(4-8)7(10-2)12-9-6/h3H2,1-2H3. The summed E-state index contributed by atoms with van der Waals surface area (Å²) in [5.41, 5.74) is 0.749. The molecule has 1 aromatic heterocycles. The second-order valence-electron chi connectivity index (χ2n) is 1.90. The molecule has 1 rings (SSSR count). The SMILES string of the molecule is CCSc1nsc(SC)c1C#N. The fourth-order valence-corrected chi connectivity index (χ4v) is 2.99. The number of nitrogens with zero attached hydrogens (tertiary/aromatic N) is 2. The van der Waals surface area contributed by atoms with Crippen molar-refractivity contribution < 1.29 is 0 Å². The van der Waals surface area contributed by atoms with Crippen LogP contribution in [-0.4, -0.2) is 16.4 Å². The number of rotatable bonds is 3. The Hall–Kier alpha value is -0.180. The van der Waals surface area contributed by atoms with Gasteiger partial charge in [-0.1, -0.05) is 6.92 Å². The molecule has 0 fully saturated rings. The molecule has 12 heavy (non-hydrogen) atoms. The van der Waals surface area contributed by atoms with Crippen molar-refractivity contribution in [3.63, 3.8) is 0 Å². The lowest BCUT2D eigenvalue weighted by molar-refractivity contribution is 1.23. The molecule has 1 heterocycles. The summed E-state index contributed by atoms with van der Waals surface area (Å²) in [5, 5.41) is 9.72. The lowest BCUT2D eigenvalue weighted by Crippen LogP contribution is -1.77. The van der Waals surface area contributed by atoms with Crippen molar-refractivity contribution in [3.05, 3.63) is 5.56 Å². The predicted molar refractivity (Wildman–Crippen MR) is 55.0 cm³/mol. The number of thioether (sulfide) groups is 2. The van der Waals surface area contributed by atoms with Crippen molar-refractivity contribution in [3.8, 4) is 6.07 Å². The van der Waals surface area contributed by atoms with Crippen molar-refractivity contribution in [1.82, 2.24) is 4.37 Å². The molecule has 0 spiro atoms. The number of nitriles is 1. The predicted octanol–water partition coefficient (Wildman–Crippen LogP) is 2.85. The second kappa shape index (κ2) is 4.75.